The van der Waals surface area contributed by atoms with Crippen molar-refractivity contribution in [3.05, 3.63) is 0 Å². The van der Waals surface area contributed by atoms with Crippen LogP contribution in [-0.4, -0.2) is 64.8 Å². The highest BCUT2D eigenvalue weighted by Crippen LogP contribution is 2.39. The number of imide groups is 1. The number of likely N-dealkylation sites (tertiary alicyclic amines) is 1. The minimum Gasteiger partial charge on any atom is -0.341 e. The Balaban J connectivity index is 1.71. The second-order valence-electron chi connectivity index (χ2n) is 7.12. The van der Waals surface area contributed by atoms with Crippen molar-refractivity contribution in [1.82, 2.24) is 14.7 Å². The molecule has 1 saturated carbocycles. The molecule has 0 radical (unpaired) electrons. The first-order chi connectivity index (χ1) is 11.1. The number of hydrogen-bond donors (Lipinski definition) is 0. The van der Waals surface area contributed by atoms with Crippen LogP contribution in [0.3, 0.4) is 0 Å². The largest absolute Gasteiger partial charge is 0.341 e. The normalized spacial score (nSPS) is 25.2. The summed E-state index contributed by atoms with van der Waals surface area (Å²) in [5.74, 6) is -0.247. The zero-order chi connectivity index (χ0) is 16.4. The van der Waals surface area contributed by atoms with Gasteiger partial charge in [0.25, 0.3) is 5.91 Å². The number of amides is 4. The van der Waals surface area contributed by atoms with Crippen molar-refractivity contribution in [2.45, 2.75) is 63.3 Å². The SMILES string of the molecule is CN1C(=O)N(CC(=O)N2CCCCCC2)C(=O)C12CCCCC2. The zero-order valence-electron chi connectivity index (χ0n) is 14.1. The third kappa shape index (κ3) is 2.83. The van der Waals surface area contributed by atoms with Gasteiger partial charge in [-0.15, -0.1) is 0 Å². The van der Waals surface area contributed by atoms with Crippen molar-refractivity contribution < 1.29 is 14.4 Å². The Morgan fingerprint density at radius 2 is 1.52 bits per heavy atom. The lowest BCUT2D eigenvalue weighted by atomic mass is 9.81. The van der Waals surface area contributed by atoms with Gasteiger partial charge >= 0.3 is 6.03 Å². The molecule has 1 aliphatic carbocycles. The topological polar surface area (TPSA) is 60.9 Å². The van der Waals surface area contributed by atoms with Gasteiger partial charge in [-0.25, -0.2) is 4.79 Å². The highest BCUT2D eigenvalue weighted by atomic mass is 16.2. The van der Waals surface area contributed by atoms with Crippen LogP contribution in [0.1, 0.15) is 57.8 Å². The molecule has 1 spiro atoms. The van der Waals surface area contributed by atoms with Gasteiger partial charge in [-0.1, -0.05) is 32.1 Å². The van der Waals surface area contributed by atoms with Gasteiger partial charge in [-0.3, -0.25) is 14.5 Å². The second-order valence-corrected chi connectivity index (χ2v) is 7.12. The molecule has 0 N–H and O–H groups in total. The smallest absolute Gasteiger partial charge is 0.327 e. The Labute approximate surface area is 137 Å². The molecule has 23 heavy (non-hydrogen) atoms. The molecule has 3 fully saturated rings. The lowest BCUT2D eigenvalue weighted by molar-refractivity contribution is -0.140. The van der Waals surface area contributed by atoms with E-state index in [4.69, 9.17) is 0 Å². The van der Waals surface area contributed by atoms with Crippen LogP contribution in [0.4, 0.5) is 4.79 Å². The minimum absolute atomic E-state index is 0.0881. The van der Waals surface area contributed by atoms with E-state index >= 15 is 0 Å². The molecule has 2 saturated heterocycles. The van der Waals surface area contributed by atoms with Gasteiger partial charge in [0.1, 0.15) is 12.1 Å². The molecular weight excluding hydrogens is 294 g/mol. The van der Waals surface area contributed by atoms with Gasteiger partial charge in [0.15, 0.2) is 0 Å². The standard InChI is InChI=1S/C17H27N3O3/c1-18-16(23)20(15(22)17(18)9-5-4-6-10-17)13-14(21)19-11-7-2-3-8-12-19/h2-13H2,1H3. The first-order valence-electron chi connectivity index (χ1n) is 8.94. The van der Waals surface area contributed by atoms with Crippen LogP contribution in [0.2, 0.25) is 0 Å². The van der Waals surface area contributed by atoms with E-state index in [9.17, 15) is 14.4 Å². The predicted octanol–water partition coefficient (Wildman–Crippen LogP) is 1.99. The number of carbonyl (C=O) groups excluding carboxylic acids is 3. The van der Waals surface area contributed by atoms with E-state index in [1.54, 1.807) is 11.9 Å². The summed E-state index contributed by atoms with van der Waals surface area (Å²) in [6.07, 6.45) is 8.83. The molecule has 2 aliphatic heterocycles. The van der Waals surface area contributed by atoms with Crippen molar-refractivity contribution in [3.63, 3.8) is 0 Å². The fourth-order valence-corrected chi connectivity index (χ4v) is 4.23. The van der Waals surface area contributed by atoms with E-state index in [2.05, 4.69) is 0 Å². The number of rotatable bonds is 2. The lowest BCUT2D eigenvalue weighted by Gasteiger charge is -2.35. The van der Waals surface area contributed by atoms with Crippen LogP contribution in [0.25, 0.3) is 0 Å². The molecule has 0 aromatic heterocycles. The maximum atomic E-state index is 12.9. The lowest BCUT2D eigenvalue weighted by Crippen LogP contribution is -2.49. The van der Waals surface area contributed by atoms with Crippen LogP contribution in [0, 0.1) is 0 Å². The fraction of sp³-hybridized carbons (Fsp3) is 0.824. The Morgan fingerprint density at radius 1 is 0.957 bits per heavy atom. The van der Waals surface area contributed by atoms with Crippen LogP contribution in [-0.2, 0) is 9.59 Å². The molecule has 3 aliphatic rings. The van der Waals surface area contributed by atoms with E-state index in [0.717, 1.165) is 70.9 Å². The average Bonchev–Trinajstić information content (AvgIpc) is 2.82. The molecule has 6 nitrogen and oxygen atoms in total. The molecule has 4 amide bonds. The van der Waals surface area contributed by atoms with Crippen molar-refractivity contribution >= 4 is 17.8 Å². The summed E-state index contributed by atoms with van der Waals surface area (Å²) < 4.78 is 0. The summed E-state index contributed by atoms with van der Waals surface area (Å²) in [5, 5.41) is 0. The molecule has 0 unspecified atom stereocenters. The minimum atomic E-state index is -0.686. The Bertz CT molecular complexity index is 491. The summed E-state index contributed by atoms with van der Waals surface area (Å²) in [6, 6.07) is -0.305. The molecule has 6 heteroatoms. The quantitative estimate of drug-likeness (QED) is 0.731. The summed E-state index contributed by atoms with van der Waals surface area (Å²) >= 11 is 0. The monoisotopic (exact) mass is 321 g/mol. The highest BCUT2D eigenvalue weighted by molar-refractivity contribution is 6.08. The van der Waals surface area contributed by atoms with Crippen LogP contribution in [0.5, 0.6) is 0 Å². The average molecular weight is 321 g/mol. The van der Waals surface area contributed by atoms with Gasteiger partial charge < -0.3 is 9.80 Å². The third-order valence-corrected chi connectivity index (χ3v) is 5.74. The summed E-state index contributed by atoms with van der Waals surface area (Å²) in [6.45, 7) is 1.40. The molecule has 0 bridgehead atoms. The Morgan fingerprint density at radius 3 is 2.13 bits per heavy atom. The van der Waals surface area contributed by atoms with Gasteiger partial charge in [0.05, 0.1) is 0 Å². The molecule has 0 aromatic carbocycles. The molecule has 128 valence electrons. The van der Waals surface area contributed by atoms with Crippen molar-refractivity contribution in [2.24, 2.45) is 0 Å². The predicted molar refractivity (Wildman–Crippen MR) is 85.7 cm³/mol. The van der Waals surface area contributed by atoms with E-state index < -0.39 is 5.54 Å². The van der Waals surface area contributed by atoms with Crippen molar-refractivity contribution in [2.75, 3.05) is 26.7 Å². The highest BCUT2D eigenvalue weighted by Gasteiger charge is 2.55. The molecular formula is C17H27N3O3. The molecule has 2 heterocycles. The molecule has 0 aromatic rings. The van der Waals surface area contributed by atoms with Gasteiger partial charge in [0.2, 0.25) is 5.91 Å². The maximum Gasteiger partial charge on any atom is 0.327 e. The van der Waals surface area contributed by atoms with Gasteiger partial charge in [-0.05, 0) is 25.7 Å². The summed E-state index contributed by atoms with van der Waals surface area (Å²) in [4.78, 5) is 42.6. The number of nitrogens with zero attached hydrogens (tertiary/aromatic N) is 3. The number of hydrogen-bond acceptors (Lipinski definition) is 3. The van der Waals surface area contributed by atoms with Gasteiger partial charge in [0, 0.05) is 20.1 Å². The van der Waals surface area contributed by atoms with Crippen molar-refractivity contribution in [3.8, 4) is 0 Å². The van der Waals surface area contributed by atoms with E-state index in [-0.39, 0.29) is 24.4 Å². The van der Waals surface area contributed by atoms with E-state index in [1.165, 1.54) is 4.90 Å². The van der Waals surface area contributed by atoms with Crippen molar-refractivity contribution in [1.29, 1.82) is 0 Å². The zero-order valence-corrected chi connectivity index (χ0v) is 14.1. The van der Waals surface area contributed by atoms with E-state index in [0.29, 0.717) is 0 Å². The third-order valence-electron chi connectivity index (χ3n) is 5.74. The van der Waals surface area contributed by atoms with Crippen LogP contribution >= 0.6 is 0 Å². The Kier molecular flexibility index (Phi) is 4.60. The first kappa shape index (κ1) is 16.3. The second kappa shape index (κ2) is 6.49. The van der Waals surface area contributed by atoms with Crippen LogP contribution in [0.15, 0.2) is 0 Å². The number of urea groups is 1. The summed E-state index contributed by atoms with van der Waals surface area (Å²) in [5.41, 5.74) is -0.686. The Hall–Kier alpha value is -1.59. The molecule has 0 atom stereocenters. The van der Waals surface area contributed by atoms with E-state index in [1.807, 2.05) is 4.90 Å². The summed E-state index contributed by atoms with van der Waals surface area (Å²) in [7, 11) is 1.71. The number of likely N-dealkylation sites (N-methyl/N-ethyl adjacent to an activating group) is 1. The fourth-order valence-electron chi connectivity index (χ4n) is 4.23. The molecule has 3 rings (SSSR count). The first-order valence-corrected chi connectivity index (χ1v) is 8.94. The van der Waals surface area contributed by atoms with Gasteiger partial charge in [-0.2, -0.15) is 0 Å². The number of carbonyl (C=O) groups is 3. The van der Waals surface area contributed by atoms with Crippen LogP contribution < -0.4 is 0 Å². The maximum absolute atomic E-state index is 12.9.